The normalized spacial score (nSPS) is 20.3. The molecule has 1 saturated carbocycles. The summed E-state index contributed by atoms with van der Waals surface area (Å²) in [6.45, 7) is 4.07. The van der Waals surface area contributed by atoms with E-state index in [-0.39, 0.29) is 23.9 Å². The summed E-state index contributed by atoms with van der Waals surface area (Å²) < 4.78 is 0. The average molecular weight is 411 g/mol. The minimum absolute atomic E-state index is 0.0315. The lowest BCUT2D eigenvalue weighted by Crippen LogP contribution is -2.47. The number of nitrogens with one attached hydrogen (secondary N) is 1. The Kier molecular flexibility index (Phi) is 4.85. The molecule has 5 rings (SSSR count). The van der Waals surface area contributed by atoms with E-state index in [1.807, 2.05) is 85.5 Å². The van der Waals surface area contributed by atoms with Crippen LogP contribution in [0.2, 0.25) is 0 Å². The van der Waals surface area contributed by atoms with Gasteiger partial charge in [-0.2, -0.15) is 0 Å². The van der Waals surface area contributed by atoms with Crippen molar-refractivity contribution in [3.8, 4) is 0 Å². The Labute approximate surface area is 182 Å². The predicted octanol–water partition coefficient (Wildman–Crippen LogP) is 5.39. The summed E-state index contributed by atoms with van der Waals surface area (Å²) in [6.07, 6.45) is 1.98. The van der Waals surface area contributed by atoms with Crippen molar-refractivity contribution in [1.82, 2.24) is 4.90 Å². The number of anilines is 1. The molecule has 0 bridgehead atoms. The van der Waals surface area contributed by atoms with Crippen molar-refractivity contribution >= 4 is 17.5 Å². The third-order valence-electron chi connectivity index (χ3n) is 6.30. The van der Waals surface area contributed by atoms with Crippen molar-refractivity contribution in [3.05, 3.63) is 101 Å². The number of fused-ring (bicyclic) bond motifs is 1. The predicted molar refractivity (Wildman–Crippen MR) is 122 cm³/mol. The molecule has 156 valence electrons. The van der Waals surface area contributed by atoms with Gasteiger partial charge in [0.2, 0.25) is 5.91 Å². The van der Waals surface area contributed by atoms with E-state index in [1.54, 1.807) is 0 Å². The summed E-state index contributed by atoms with van der Waals surface area (Å²) in [5.41, 5.74) is 5.49. The van der Waals surface area contributed by atoms with Crippen molar-refractivity contribution in [2.24, 2.45) is 0 Å². The van der Waals surface area contributed by atoms with Gasteiger partial charge in [-0.15, -0.1) is 0 Å². The summed E-state index contributed by atoms with van der Waals surface area (Å²) in [7, 11) is 0. The summed E-state index contributed by atoms with van der Waals surface area (Å²) in [4.78, 5) is 29.2. The lowest BCUT2D eigenvalue weighted by Gasteiger charge is -2.42. The van der Waals surface area contributed by atoms with Crippen LogP contribution in [0.25, 0.3) is 0 Å². The third-order valence-corrected chi connectivity index (χ3v) is 6.30. The number of aryl methyl sites for hydroxylation is 2. The topological polar surface area (TPSA) is 49.4 Å². The highest BCUT2D eigenvalue weighted by molar-refractivity contribution is 6.04. The molecular weight excluding hydrogens is 384 g/mol. The van der Waals surface area contributed by atoms with E-state index in [9.17, 15) is 9.59 Å². The fourth-order valence-corrected chi connectivity index (χ4v) is 4.65. The van der Waals surface area contributed by atoms with Crippen molar-refractivity contribution in [2.45, 2.75) is 44.7 Å². The maximum atomic E-state index is 13.7. The lowest BCUT2D eigenvalue weighted by molar-refractivity contribution is -0.119. The molecule has 2 atom stereocenters. The second-order valence-corrected chi connectivity index (χ2v) is 8.72. The van der Waals surface area contributed by atoms with Crippen molar-refractivity contribution in [2.75, 3.05) is 5.32 Å². The zero-order chi connectivity index (χ0) is 21.5. The number of carbonyl (C=O) groups is 2. The SMILES string of the molecule is Cc1ccc(NC(=O)[C@@H]2c3ccccc3C(=O)N(C3CC3)[C@@H]2c2cccc(C)c2)cc1. The third kappa shape index (κ3) is 3.63. The largest absolute Gasteiger partial charge is 0.327 e. The van der Waals surface area contributed by atoms with Crippen LogP contribution in [0.3, 0.4) is 0 Å². The molecule has 1 aliphatic carbocycles. The van der Waals surface area contributed by atoms with Crippen LogP contribution in [0.15, 0.2) is 72.8 Å². The number of hydrogen-bond acceptors (Lipinski definition) is 2. The number of nitrogens with zero attached hydrogens (tertiary/aromatic N) is 1. The van der Waals surface area contributed by atoms with Crippen LogP contribution in [-0.4, -0.2) is 22.8 Å². The molecular formula is C27H26N2O2. The fraction of sp³-hybridized carbons (Fsp3) is 0.259. The fourth-order valence-electron chi connectivity index (χ4n) is 4.65. The number of amides is 2. The Balaban J connectivity index is 1.63. The molecule has 1 N–H and O–H groups in total. The first kappa shape index (κ1) is 19.6. The van der Waals surface area contributed by atoms with Crippen LogP contribution in [-0.2, 0) is 4.79 Å². The van der Waals surface area contributed by atoms with Gasteiger partial charge in [-0.05, 0) is 56.0 Å². The highest BCUT2D eigenvalue weighted by Gasteiger charge is 2.49. The number of carbonyl (C=O) groups excluding carboxylic acids is 2. The van der Waals surface area contributed by atoms with Crippen LogP contribution in [0.1, 0.15) is 57.4 Å². The van der Waals surface area contributed by atoms with E-state index in [1.165, 1.54) is 0 Å². The molecule has 3 aromatic rings. The highest BCUT2D eigenvalue weighted by atomic mass is 16.2. The quantitative estimate of drug-likeness (QED) is 0.627. The van der Waals surface area contributed by atoms with E-state index in [0.29, 0.717) is 5.56 Å². The maximum absolute atomic E-state index is 13.7. The molecule has 4 nitrogen and oxygen atoms in total. The second-order valence-electron chi connectivity index (χ2n) is 8.72. The van der Waals surface area contributed by atoms with Gasteiger partial charge >= 0.3 is 0 Å². The molecule has 3 aromatic carbocycles. The van der Waals surface area contributed by atoms with Gasteiger partial charge < -0.3 is 10.2 Å². The molecule has 1 aliphatic heterocycles. The molecule has 1 fully saturated rings. The molecule has 2 amide bonds. The summed E-state index contributed by atoms with van der Waals surface area (Å²) in [5, 5.41) is 3.11. The van der Waals surface area contributed by atoms with Crippen LogP contribution in [0.5, 0.6) is 0 Å². The molecule has 4 heteroatoms. The van der Waals surface area contributed by atoms with E-state index in [0.717, 1.165) is 40.8 Å². The van der Waals surface area contributed by atoms with Gasteiger partial charge in [0.1, 0.15) is 0 Å². The zero-order valence-corrected chi connectivity index (χ0v) is 17.8. The molecule has 0 aromatic heterocycles. The first-order chi connectivity index (χ1) is 15.0. The van der Waals surface area contributed by atoms with Crippen molar-refractivity contribution in [1.29, 1.82) is 0 Å². The monoisotopic (exact) mass is 410 g/mol. The van der Waals surface area contributed by atoms with Crippen molar-refractivity contribution < 1.29 is 9.59 Å². The number of hydrogen-bond donors (Lipinski definition) is 1. The van der Waals surface area contributed by atoms with Gasteiger partial charge in [0.25, 0.3) is 5.91 Å². The molecule has 1 heterocycles. The second kappa shape index (κ2) is 7.69. The van der Waals surface area contributed by atoms with Crippen LogP contribution >= 0.6 is 0 Å². The van der Waals surface area contributed by atoms with Gasteiger partial charge in [-0.1, -0.05) is 65.7 Å². The molecule has 0 spiro atoms. The van der Waals surface area contributed by atoms with Crippen LogP contribution in [0.4, 0.5) is 5.69 Å². The standard InChI is InChI=1S/C27H26N2O2/c1-17-10-12-20(13-11-17)28-26(30)24-22-8-3-4-9-23(22)27(31)29(21-14-15-21)25(24)19-7-5-6-18(2)16-19/h3-13,16,21,24-25H,14-15H2,1-2H3,(H,28,30)/t24-,25-/m1/s1. The zero-order valence-electron chi connectivity index (χ0n) is 17.8. The smallest absolute Gasteiger partial charge is 0.254 e. The van der Waals surface area contributed by atoms with E-state index in [4.69, 9.17) is 0 Å². The van der Waals surface area contributed by atoms with E-state index >= 15 is 0 Å². The number of benzene rings is 3. The van der Waals surface area contributed by atoms with Crippen LogP contribution in [0, 0.1) is 13.8 Å². The Hall–Kier alpha value is -3.40. The molecule has 0 radical (unpaired) electrons. The summed E-state index contributed by atoms with van der Waals surface area (Å²) in [6, 6.07) is 23.5. The minimum atomic E-state index is -0.474. The number of rotatable bonds is 4. The summed E-state index contributed by atoms with van der Waals surface area (Å²) in [5.74, 6) is -0.525. The van der Waals surface area contributed by atoms with Gasteiger partial charge in [0.05, 0.1) is 12.0 Å². The van der Waals surface area contributed by atoms with Gasteiger partial charge in [0.15, 0.2) is 0 Å². The average Bonchev–Trinajstić information content (AvgIpc) is 3.60. The first-order valence-electron chi connectivity index (χ1n) is 10.9. The maximum Gasteiger partial charge on any atom is 0.254 e. The van der Waals surface area contributed by atoms with E-state index < -0.39 is 5.92 Å². The van der Waals surface area contributed by atoms with E-state index in [2.05, 4.69) is 11.4 Å². The van der Waals surface area contributed by atoms with Crippen LogP contribution < -0.4 is 5.32 Å². The first-order valence-corrected chi connectivity index (χ1v) is 10.9. The van der Waals surface area contributed by atoms with Gasteiger partial charge in [-0.25, -0.2) is 0 Å². The lowest BCUT2D eigenvalue weighted by atomic mass is 9.78. The molecule has 0 saturated heterocycles. The Morgan fingerprint density at radius 3 is 2.35 bits per heavy atom. The summed E-state index contributed by atoms with van der Waals surface area (Å²) >= 11 is 0. The minimum Gasteiger partial charge on any atom is -0.327 e. The Bertz CT molecular complexity index is 1150. The Morgan fingerprint density at radius 1 is 0.903 bits per heavy atom. The van der Waals surface area contributed by atoms with Gasteiger partial charge in [-0.3, -0.25) is 9.59 Å². The molecule has 0 unspecified atom stereocenters. The molecule has 31 heavy (non-hydrogen) atoms. The van der Waals surface area contributed by atoms with Crippen molar-refractivity contribution in [3.63, 3.8) is 0 Å². The Morgan fingerprint density at radius 2 is 1.65 bits per heavy atom. The van der Waals surface area contributed by atoms with Gasteiger partial charge in [0, 0.05) is 17.3 Å². The molecule has 2 aliphatic rings. The highest BCUT2D eigenvalue weighted by Crippen LogP contribution is 2.48.